The number of hydrogen-bond donors (Lipinski definition) is 1. The molecule has 0 amide bonds. The van der Waals surface area contributed by atoms with E-state index in [0.717, 1.165) is 23.1 Å². The van der Waals surface area contributed by atoms with Gasteiger partial charge in [0.15, 0.2) is 0 Å². The molecule has 1 aliphatic carbocycles. The van der Waals surface area contributed by atoms with Gasteiger partial charge < -0.3 is 10.5 Å². The molecular formula is C11H14BrNO. The molecule has 0 aliphatic heterocycles. The van der Waals surface area contributed by atoms with Crippen LogP contribution in [0.1, 0.15) is 19.3 Å². The van der Waals surface area contributed by atoms with Crippen molar-refractivity contribution in [2.45, 2.75) is 31.4 Å². The number of ether oxygens (including phenoxy) is 1. The Bertz CT molecular complexity index is 299. The molecule has 2 N–H and O–H groups in total. The lowest BCUT2D eigenvalue weighted by atomic mass is 10.2. The Labute approximate surface area is 92.6 Å². The van der Waals surface area contributed by atoms with Crippen molar-refractivity contribution in [1.29, 1.82) is 0 Å². The first-order valence-corrected chi connectivity index (χ1v) is 5.73. The van der Waals surface area contributed by atoms with Crippen LogP contribution in [0.2, 0.25) is 0 Å². The summed E-state index contributed by atoms with van der Waals surface area (Å²) in [5, 5.41) is 0. The minimum atomic E-state index is 0.205. The molecule has 0 spiro atoms. The molecule has 0 heterocycles. The van der Waals surface area contributed by atoms with Gasteiger partial charge in [-0.05, 0) is 43.5 Å². The van der Waals surface area contributed by atoms with Gasteiger partial charge in [-0.15, -0.1) is 0 Å². The molecule has 0 saturated heterocycles. The highest BCUT2D eigenvalue weighted by molar-refractivity contribution is 9.10. The summed E-state index contributed by atoms with van der Waals surface area (Å²) in [6.45, 7) is 0. The maximum Gasteiger partial charge on any atom is 0.119 e. The molecule has 2 atom stereocenters. The highest BCUT2D eigenvalue weighted by Crippen LogP contribution is 2.24. The molecule has 2 rings (SSSR count). The average Bonchev–Trinajstić information content (AvgIpc) is 2.56. The van der Waals surface area contributed by atoms with Gasteiger partial charge in [-0.3, -0.25) is 0 Å². The lowest BCUT2D eigenvalue weighted by Gasteiger charge is -2.17. The van der Waals surface area contributed by atoms with Crippen LogP contribution in [0.25, 0.3) is 0 Å². The highest BCUT2D eigenvalue weighted by atomic mass is 79.9. The van der Waals surface area contributed by atoms with Crippen molar-refractivity contribution in [2.24, 2.45) is 5.73 Å². The number of benzene rings is 1. The molecule has 3 heteroatoms. The fourth-order valence-corrected chi connectivity index (χ4v) is 2.05. The van der Waals surface area contributed by atoms with Gasteiger partial charge in [0, 0.05) is 10.5 Å². The summed E-state index contributed by atoms with van der Waals surface area (Å²) in [5.74, 6) is 0.913. The minimum absolute atomic E-state index is 0.205. The fourth-order valence-electron chi connectivity index (χ4n) is 1.79. The molecular weight excluding hydrogens is 242 g/mol. The molecule has 0 aromatic heterocycles. The highest BCUT2D eigenvalue weighted by Gasteiger charge is 2.25. The second kappa shape index (κ2) is 4.32. The van der Waals surface area contributed by atoms with E-state index >= 15 is 0 Å². The van der Waals surface area contributed by atoms with Gasteiger partial charge in [-0.25, -0.2) is 0 Å². The van der Waals surface area contributed by atoms with Crippen molar-refractivity contribution in [2.75, 3.05) is 0 Å². The van der Waals surface area contributed by atoms with E-state index in [-0.39, 0.29) is 12.1 Å². The van der Waals surface area contributed by atoms with E-state index in [4.69, 9.17) is 10.5 Å². The van der Waals surface area contributed by atoms with Crippen LogP contribution in [0, 0.1) is 0 Å². The van der Waals surface area contributed by atoms with Gasteiger partial charge in [0.05, 0.1) is 0 Å². The Kier molecular flexibility index (Phi) is 3.08. The fraction of sp³-hybridized carbons (Fsp3) is 0.455. The summed E-state index contributed by atoms with van der Waals surface area (Å²) in [4.78, 5) is 0. The second-order valence-electron chi connectivity index (χ2n) is 3.70. The van der Waals surface area contributed by atoms with Crippen molar-refractivity contribution in [1.82, 2.24) is 0 Å². The molecule has 76 valence electrons. The molecule has 1 aliphatic rings. The zero-order valence-electron chi connectivity index (χ0n) is 7.95. The van der Waals surface area contributed by atoms with E-state index in [1.54, 1.807) is 0 Å². The van der Waals surface area contributed by atoms with Crippen LogP contribution in [0.3, 0.4) is 0 Å². The number of rotatable bonds is 2. The molecule has 1 aromatic carbocycles. The lowest BCUT2D eigenvalue weighted by molar-refractivity contribution is 0.191. The third kappa shape index (κ3) is 2.28. The topological polar surface area (TPSA) is 35.2 Å². The van der Waals surface area contributed by atoms with E-state index in [1.165, 1.54) is 6.42 Å². The first kappa shape index (κ1) is 9.99. The maximum absolute atomic E-state index is 5.92. The Balaban J connectivity index is 2.00. The van der Waals surface area contributed by atoms with Gasteiger partial charge >= 0.3 is 0 Å². The van der Waals surface area contributed by atoms with Crippen molar-refractivity contribution < 1.29 is 4.74 Å². The normalized spacial score (nSPS) is 26.4. The predicted molar refractivity (Wildman–Crippen MR) is 60.4 cm³/mol. The van der Waals surface area contributed by atoms with Gasteiger partial charge in [0.1, 0.15) is 11.9 Å². The molecule has 0 bridgehead atoms. The van der Waals surface area contributed by atoms with Crippen LogP contribution >= 0.6 is 15.9 Å². The van der Waals surface area contributed by atoms with E-state index in [0.29, 0.717) is 0 Å². The summed E-state index contributed by atoms with van der Waals surface area (Å²) in [5.41, 5.74) is 5.92. The molecule has 1 aromatic rings. The minimum Gasteiger partial charge on any atom is -0.489 e. The molecule has 1 fully saturated rings. The molecule has 14 heavy (non-hydrogen) atoms. The van der Waals surface area contributed by atoms with Crippen molar-refractivity contribution in [3.05, 3.63) is 28.7 Å². The van der Waals surface area contributed by atoms with Crippen LogP contribution in [0.5, 0.6) is 5.75 Å². The van der Waals surface area contributed by atoms with Crippen molar-refractivity contribution in [3.63, 3.8) is 0 Å². The van der Waals surface area contributed by atoms with Crippen molar-refractivity contribution >= 4 is 15.9 Å². The first-order valence-electron chi connectivity index (χ1n) is 4.93. The summed E-state index contributed by atoms with van der Waals surface area (Å²) >= 11 is 3.39. The summed E-state index contributed by atoms with van der Waals surface area (Å²) in [6.07, 6.45) is 3.55. The van der Waals surface area contributed by atoms with Gasteiger partial charge in [0.25, 0.3) is 0 Å². The Hall–Kier alpha value is -0.540. The largest absolute Gasteiger partial charge is 0.489 e. The third-order valence-corrected chi connectivity index (χ3v) is 3.13. The van der Waals surface area contributed by atoms with Gasteiger partial charge in [0.2, 0.25) is 0 Å². The van der Waals surface area contributed by atoms with E-state index in [2.05, 4.69) is 15.9 Å². The van der Waals surface area contributed by atoms with Gasteiger partial charge in [-0.2, -0.15) is 0 Å². The van der Waals surface area contributed by atoms with Crippen molar-refractivity contribution in [3.8, 4) is 5.75 Å². The van der Waals surface area contributed by atoms with E-state index in [1.807, 2.05) is 24.3 Å². The Morgan fingerprint density at radius 1 is 1.21 bits per heavy atom. The smallest absolute Gasteiger partial charge is 0.119 e. The predicted octanol–water partition coefficient (Wildman–Crippen LogP) is 2.71. The maximum atomic E-state index is 5.92. The molecule has 0 radical (unpaired) electrons. The Morgan fingerprint density at radius 3 is 2.50 bits per heavy atom. The van der Waals surface area contributed by atoms with Crippen LogP contribution in [0.4, 0.5) is 0 Å². The Morgan fingerprint density at radius 2 is 1.93 bits per heavy atom. The number of hydrogen-bond acceptors (Lipinski definition) is 2. The van der Waals surface area contributed by atoms with Crippen LogP contribution in [0.15, 0.2) is 28.7 Å². The SMILES string of the molecule is NC1CCCC1Oc1ccc(Br)cc1. The zero-order chi connectivity index (χ0) is 9.97. The summed E-state index contributed by atoms with van der Waals surface area (Å²) in [6, 6.07) is 8.11. The quantitative estimate of drug-likeness (QED) is 0.882. The van der Waals surface area contributed by atoms with Crippen LogP contribution in [-0.4, -0.2) is 12.1 Å². The standard InChI is InChI=1S/C11H14BrNO/c12-8-4-6-9(7-5-8)14-11-3-1-2-10(11)13/h4-7,10-11H,1-3,13H2. The summed E-state index contributed by atoms with van der Waals surface area (Å²) in [7, 11) is 0. The van der Waals surface area contributed by atoms with Crippen LogP contribution < -0.4 is 10.5 Å². The zero-order valence-corrected chi connectivity index (χ0v) is 9.53. The van der Waals surface area contributed by atoms with Gasteiger partial charge in [-0.1, -0.05) is 15.9 Å². The second-order valence-corrected chi connectivity index (χ2v) is 4.62. The molecule has 2 nitrogen and oxygen atoms in total. The van der Waals surface area contributed by atoms with E-state index in [9.17, 15) is 0 Å². The van der Waals surface area contributed by atoms with E-state index < -0.39 is 0 Å². The lowest BCUT2D eigenvalue weighted by Crippen LogP contribution is -2.33. The van der Waals surface area contributed by atoms with Crippen LogP contribution in [-0.2, 0) is 0 Å². The summed E-state index contributed by atoms with van der Waals surface area (Å²) < 4.78 is 6.87. The first-order chi connectivity index (χ1) is 6.75. The number of halogens is 1. The molecule has 2 unspecified atom stereocenters. The molecule has 1 saturated carbocycles. The average molecular weight is 256 g/mol. The number of nitrogens with two attached hydrogens (primary N) is 1. The third-order valence-electron chi connectivity index (χ3n) is 2.60. The monoisotopic (exact) mass is 255 g/mol.